The summed E-state index contributed by atoms with van der Waals surface area (Å²) in [6.45, 7) is 3.18. The first-order valence-electron chi connectivity index (χ1n) is 3.36. The van der Waals surface area contributed by atoms with Gasteiger partial charge in [-0.25, -0.2) is 0 Å². The lowest BCUT2D eigenvalue weighted by Crippen LogP contribution is -2.01. The molecule has 0 amide bonds. The van der Waals surface area contributed by atoms with E-state index in [-0.39, 0.29) is 4.90 Å². The molecule has 0 saturated carbocycles. The van der Waals surface area contributed by atoms with Gasteiger partial charge in [-0.3, -0.25) is 0 Å². The highest BCUT2D eigenvalue weighted by Crippen LogP contribution is 2.17. The van der Waals surface area contributed by atoms with Gasteiger partial charge in [-0.2, -0.15) is 8.42 Å². The van der Waals surface area contributed by atoms with Gasteiger partial charge in [0.05, 0.1) is 6.26 Å². The van der Waals surface area contributed by atoms with E-state index in [1.807, 2.05) is 0 Å². The second-order valence-electron chi connectivity index (χ2n) is 2.17. The number of hydrogen-bond donors (Lipinski definition) is 0. The lowest BCUT2D eigenvalue weighted by atomic mass is 10.4. The van der Waals surface area contributed by atoms with Crippen molar-refractivity contribution in [1.29, 1.82) is 0 Å². The van der Waals surface area contributed by atoms with Crippen molar-refractivity contribution in [3.05, 3.63) is 41.6 Å². The predicted molar refractivity (Wildman–Crippen MR) is 52.6 cm³/mol. The zero-order valence-electron chi connectivity index (χ0n) is 6.60. The van der Waals surface area contributed by atoms with Crippen LogP contribution in [-0.4, -0.2) is 8.42 Å². The van der Waals surface area contributed by atoms with Gasteiger partial charge in [-0.05, 0) is 18.2 Å². The van der Waals surface area contributed by atoms with Crippen LogP contribution in [0, 0.1) is 0 Å². The molecular weight excluding hydrogens is 256 g/mol. The topological polar surface area (TPSA) is 43.4 Å². The average molecular weight is 263 g/mol. The molecule has 0 fully saturated rings. The minimum absolute atomic E-state index is 0.0989. The summed E-state index contributed by atoms with van der Waals surface area (Å²) in [7, 11) is -3.68. The van der Waals surface area contributed by atoms with Crippen LogP contribution < -0.4 is 0 Å². The van der Waals surface area contributed by atoms with Crippen LogP contribution in [0.2, 0.25) is 0 Å². The van der Waals surface area contributed by atoms with E-state index in [2.05, 4.69) is 26.7 Å². The molecule has 0 heterocycles. The lowest BCUT2D eigenvalue weighted by molar-refractivity contribution is 0.444. The van der Waals surface area contributed by atoms with Crippen molar-refractivity contribution in [3.63, 3.8) is 0 Å². The fourth-order valence-corrected chi connectivity index (χ4v) is 2.13. The maximum atomic E-state index is 11.3. The van der Waals surface area contributed by atoms with Crippen molar-refractivity contribution in [2.45, 2.75) is 4.90 Å². The van der Waals surface area contributed by atoms with E-state index in [1.165, 1.54) is 12.1 Å². The molecule has 0 unspecified atom stereocenters. The second kappa shape index (κ2) is 3.93. The lowest BCUT2D eigenvalue weighted by Gasteiger charge is -2.01. The van der Waals surface area contributed by atoms with Gasteiger partial charge in [0.15, 0.2) is 0 Å². The zero-order chi connectivity index (χ0) is 9.90. The Morgan fingerprint density at radius 2 is 2.15 bits per heavy atom. The molecule has 0 aromatic heterocycles. The van der Waals surface area contributed by atoms with Crippen LogP contribution >= 0.6 is 15.9 Å². The Balaban J connectivity index is 3.15. The molecule has 1 rings (SSSR count). The van der Waals surface area contributed by atoms with E-state index >= 15 is 0 Å². The van der Waals surface area contributed by atoms with Crippen molar-refractivity contribution in [2.75, 3.05) is 0 Å². The van der Waals surface area contributed by atoms with Gasteiger partial charge < -0.3 is 4.18 Å². The molecule has 0 aliphatic rings. The highest BCUT2D eigenvalue weighted by Gasteiger charge is 2.13. The molecule has 5 heteroatoms. The molecule has 0 atom stereocenters. The van der Waals surface area contributed by atoms with Gasteiger partial charge in [0.25, 0.3) is 0 Å². The van der Waals surface area contributed by atoms with Crippen LogP contribution in [-0.2, 0) is 14.3 Å². The minimum atomic E-state index is -3.68. The molecular formula is C8H7BrO3S. The first-order valence-corrected chi connectivity index (χ1v) is 5.56. The molecule has 0 spiro atoms. The van der Waals surface area contributed by atoms with Crippen molar-refractivity contribution in [3.8, 4) is 0 Å². The Hall–Kier alpha value is -0.810. The average Bonchev–Trinajstić information content (AvgIpc) is 2.04. The van der Waals surface area contributed by atoms with E-state index in [4.69, 9.17) is 0 Å². The monoisotopic (exact) mass is 262 g/mol. The third-order valence-electron chi connectivity index (χ3n) is 1.28. The quantitative estimate of drug-likeness (QED) is 0.620. The van der Waals surface area contributed by atoms with Crippen LogP contribution in [0.3, 0.4) is 0 Å². The van der Waals surface area contributed by atoms with E-state index < -0.39 is 10.1 Å². The summed E-state index contributed by atoms with van der Waals surface area (Å²) in [5.41, 5.74) is 0. The standard InChI is InChI=1S/C8H7BrO3S/c1-2-12-13(10,11)8-5-3-4-7(9)6-8/h2-6H,1H2. The predicted octanol–water partition coefficient (Wildman–Crippen LogP) is 2.30. The Bertz CT molecular complexity index is 411. The van der Waals surface area contributed by atoms with E-state index in [9.17, 15) is 8.42 Å². The fourth-order valence-electron chi connectivity index (χ4n) is 0.768. The summed E-state index contributed by atoms with van der Waals surface area (Å²) < 4.78 is 27.6. The summed E-state index contributed by atoms with van der Waals surface area (Å²) in [5, 5.41) is 0. The molecule has 0 aliphatic carbocycles. The number of halogens is 1. The first kappa shape index (κ1) is 10.3. The van der Waals surface area contributed by atoms with Gasteiger partial charge in [0.2, 0.25) is 0 Å². The van der Waals surface area contributed by atoms with Crippen molar-refractivity contribution in [2.24, 2.45) is 0 Å². The molecule has 3 nitrogen and oxygen atoms in total. The van der Waals surface area contributed by atoms with Crippen molar-refractivity contribution >= 4 is 26.0 Å². The van der Waals surface area contributed by atoms with E-state index in [0.717, 1.165) is 6.26 Å². The molecule has 0 N–H and O–H groups in total. The summed E-state index contributed by atoms with van der Waals surface area (Å²) in [6.07, 6.45) is 0.885. The molecule has 0 radical (unpaired) electrons. The third-order valence-corrected chi connectivity index (χ3v) is 2.99. The summed E-state index contributed by atoms with van der Waals surface area (Å²) in [6, 6.07) is 6.25. The molecule has 0 bridgehead atoms. The van der Waals surface area contributed by atoms with Crippen LogP contribution in [0.4, 0.5) is 0 Å². The highest BCUT2D eigenvalue weighted by molar-refractivity contribution is 9.10. The third kappa shape index (κ3) is 2.57. The number of hydrogen-bond acceptors (Lipinski definition) is 3. The van der Waals surface area contributed by atoms with Gasteiger partial charge in [0.1, 0.15) is 4.90 Å². The Morgan fingerprint density at radius 3 is 2.69 bits per heavy atom. The van der Waals surface area contributed by atoms with Crippen LogP contribution in [0.25, 0.3) is 0 Å². The smallest absolute Gasteiger partial charge is 0.338 e. The summed E-state index contributed by atoms with van der Waals surface area (Å²) in [5.74, 6) is 0. The Morgan fingerprint density at radius 1 is 1.46 bits per heavy atom. The number of benzene rings is 1. The highest BCUT2D eigenvalue weighted by atomic mass is 79.9. The summed E-state index contributed by atoms with van der Waals surface area (Å²) >= 11 is 3.16. The maximum Gasteiger partial charge on any atom is 0.338 e. The minimum Gasteiger partial charge on any atom is -0.388 e. The molecule has 1 aromatic rings. The van der Waals surface area contributed by atoms with Gasteiger partial charge in [-0.1, -0.05) is 28.6 Å². The number of rotatable bonds is 3. The first-order chi connectivity index (χ1) is 6.06. The zero-order valence-corrected chi connectivity index (χ0v) is 9.01. The maximum absolute atomic E-state index is 11.3. The molecule has 0 aliphatic heterocycles. The van der Waals surface area contributed by atoms with E-state index in [0.29, 0.717) is 4.47 Å². The van der Waals surface area contributed by atoms with Crippen LogP contribution in [0.1, 0.15) is 0 Å². The molecule has 1 aromatic carbocycles. The Labute approximate surface area is 85.3 Å². The molecule has 70 valence electrons. The normalized spacial score (nSPS) is 10.8. The van der Waals surface area contributed by atoms with Gasteiger partial charge in [-0.15, -0.1) is 0 Å². The second-order valence-corrected chi connectivity index (χ2v) is 4.66. The van der Waals surface area contributed by atoms with E-state index in [1.54, 1.807) is 12.1 Å². The Kier molecular flexibility index (Phi) is 3.11. The fraction of sp³-hybridized carbons (Fsp3) is 0. The van der Waals surface area contributed by atoms with Gasteiger partial charge >= 0.3 is 10.1 Å². The van der Waals surface area contributed by atoms with Crippen molar-refractivity contribution < 1.29 is 12.6 Å². The van der Waals surface area contributed by atoms with Crippen molar-refractivity contribution in [1.82, 2.24) is 0 Å². The largest absolute Gasteiger partial charge is 0.388 e. The summed E-state index contributed by atoms with van der Waals surface area (Å²) in [4.78, 5) is 0.0989. The van der Waals surface area contributed by atoms with Gasteiger partial charge in [0, 0.05) is 4.47 Å². The molecule has 0 saturated heterocycles. The molecule has 13 heavy (non-hydrogen) atoms. The SMILES string of the molecule is C=COS(=O)(=O)c1cccc(Br)c1. The van der Waals surface area contributed by atoms with Crippen LogP contribution in [0.15, 0.2) is 46.5 Å². The van der Waals surface area contributed by atoms with Crippen LogP contribution in [0.5, 0.6) is 0 Å².